The summed E-state index contributed by atoms with van der Waals surface area (Å²) in [7, 11) is 3.35. The van der Waals surface area contributed by atoms with Gasteiger partial charge in [0.15, 0.2) is 11.4 Å². The number of hydrogen-bond acceptors (Lipinski definition) is 3. The van der Waals surface area contributed by atoms with Gasteiger partial charge < -0.3 is 14.5 Å². The minimum Gasteiger partial charge on any atom is -0.458 e. The van der Waals surface area contributed by atoms with Gasteiger partial charge in [0.1, 0.15) is 5.76 Å². The molecule has 0 spiro atoms. The van der Waals surface area contributed by atoms with Crippen LogP contribution in [0.3, 0.4) is 0 Å². The lowest BCUT2D eigenvalue weighted by Gasteiger charge is -2.02. The lowest BCUT2D eigenvalue weighted by molar-refractivity contribution is 0.183. The van der Waals surface area contributed by atoms with Crippen molar-refractivity contribution in [2.45, 2.75) is 13.2 Å². The number of hydrogen-bond donors (Lipinski definition) is 1. The fourth-order valence-corrected chi connectivity index (χ4v) is 2.72. The second-order valence-electron chi connectivity index (χ2n) is 3.83. The molecule has 2 rings (SSSR count). The predicted molar refractivity (Wildman–Crippen MR) is 72.4 cm³/mol. The van der Waals surface area contributed by atoms with E-state index in [4.69, 9.17) is 20.8 Å². The van der Waals surface area contributed by atoms with Gasteiger partial charge in [-0.3, -0.25) is 0 Å². The average Bonchev–Trinajstić information content (AvgIpc) is 2.67. The molecule has 1 aromatic carbocycles. The number of furan rings is 1. The van der Waals surface area contributed by atoms with Crippen LogP contribution in [-0.2, 0) is 17.9 Å². The van der Waals surface area contributed by atoms with Crippen LogP contribution in [0, 0.1) is 5.82 Å². The zero-order valence-electron chi connectivity index (χ0n) is 9.94. The number of benzene rings is 1. The second-order valence-corrected chi connectivity index (χ2v) is 5.09. The van der Waals surface area contributed by atoms with Crippen LogP contribution in [0.25, 0.3) is 11.0 Å². The van der Waals surface area contributed by atoms with Crippen LogP contribution in [0.2, 0.25) is 5.02 Å². The molecule has 0 fully saturated rings. The van der Waals surface area contributed by atoms with Gasteiger partial charge in [-0.1, -0.05) is 11.6 Å². The van der Waals surface area contributed by atoms with Gasteiger partial charge >= 0.3 is 0 Å². The first kappa shape index (κ1) is 13.8. The summed E-state index contributed by atoms with van der Waals surface area (Å²) in [6, 6.07) is 1.49. The van der Waals surface area contributed by atoms with E-state index in [1.54, 1.807) is 14.2 Å². The molecule has 1 heterocycles. The maximum atomic E-state index is 14.1. The highest BCUT2D eigenvalue weighted by atomic mass is 79.9. The SMILES string of the molecule is CNCc1oc2c(Br)cc(Cl)c(F)c2c1COC. The first-order chi connectivity index (χ1) is 8.60. The van der Waals surface area contributed by atoms with Crippen molar-refractivity contribution in [3.63, 3.8) is 0 Å². The molecule has 3 nitrogen and oxygen atoms in total. The molecule has 0 aliphatic rings. The number of fused-ring (bicyclic) bond motifs is 1. The highest BCUT2D eigenvalue weighted by Crippen LogP contribution is 2.37. The Bertz CT molecular complexity index is 585. The van der Waals surface area contributed by atoms with Crippen molar-refractivity contribution in [2.75, 3.05) is 14.2 Å². The molecular formula is C12H12BrClFNO2. The van der Waals surface area contributed by atoms with Gasteiger partial charge in [0.05, 0.1) is 28.0 Å². The molecule has 0 bridgehead atoms. The standard InChI is InChI=1S/C12H12BrClFNO2/c1-16-4-9-6(5-17-2)10-11(15)8(14)3-7(13)12(10)18-9/h3,16H,4-5H2,1-2H3. The number of nitrogens with one attached hydrogen (secondary N) is 1. The minimum absolute atomic E-state index is 0.0588. The topological polar surface area (TPSA) is 34.4 Å². The third-order valence-corrected chi connectivity index (χ3v) is 3.48. The van der Waals surface area contributed by atoms with Crippen LogP contribution in [0.15, 0.2) is 15.0 Å². The van der Waals surface area contributed by atoms with Crippen molar-refractivity contribution in [1.29, 1.82) is 0 Å². The fourth-order valence-electron chi connectivity index (χ4n) is 1.87. The Balaban J connectivity index is 2.76. The molecule has 0 unspecified atom stereocenters. The quantitative estimate of drug-likeness (QED) is 0.861. The molecule has 0 atom stereocenters. The van der Waals surface area contributed by atoms with E-state index in [1.807, 2.05) is 0 Å². The van der Waals surface area contributed by atoms with E-state index < -0.39 is 5.82 Å². The normalized spacial score (nSPS) is 11.4. The Hall–Kier alpha value is -0.620. The monoisotopic (exact) mass is 335 g/mol. The molecule has 1 N–H and O–H groups in total. The molecule has 0 saturated heterocycles. The van der Waals surface area contributed by atoms with Crippen LogP contribution in [0.4, 0.5) is 4.39 Å². The maximum Gasteiger partial charge on any atom is 0.153 e. The van der Waals surface area contributed by atoms with Gasteiger partial charge in [0.25, 0.3) is 0 Å². The summed E-state index contributed by atoms with van der Waals surface area (Å²) < 4.78 is 25.5. The highest BCUT2D eigenvalue weighted by molar-refractivity contribution is 9.10. The van der Waals surface area contributed by atoms with Crippen molar-refractivity contribution < 1.29 is 13.5 Å². The summed E-state index contributed by atoms with van der Waals surface area (Å²) in [5.41, 5.74) is 1.14. The average molecular weight is 337 g/mol. The first-order valence-electron chi connectivity index (χ1n) is 5.31. The van der Waals surface area contributed by atoms with Crippen molar-refractivity contribution in [2.24, 2.45) is 0 Å². The van der Waals surface area contributed by atoms with Crippen LogP contribution < -0.4 is 5.32 Å². The first-order valence-corrected chi connectivity index (χ1v) is 6.48. The van der Waals surface area contributed by atoms with Crippen LogP contribution >= 0.6 is 27.5 Å². The lowest BCUT2D eigenvalue weighted by atomic mass is 10.1. The second kappa shape index (κ2) is 5.57. The zero-order valence-corrected chi connectivity index (χ0v) is 12.3. The van der Waals surface area contributed by atoms with Crippen LogP contribution in [0.5, 0.6) is 0 Å². The molecule has 0 radical (unpaired) electrons. The summed E-state index contributed by atoms with van der Waals surface area (Å²) >= 11 is 9.17. The zero-order chi connectivity index (χ0) is 13.3. The van der Waals surface area contributed by atoms with Crippen molar-refractivity contribution in [3.05, 3.63) is 32.7 Å². The van der Waals surface area contributed by atoms with Crippen LogP contribution in [-0.4, -0.2) is 14.2 Å². The number of rotatable bonds is 4. The number of halogens is 3. The van der Waals surface area contributed by atoms with Gasteiger partial charge in [0.2, 0.25) is 0 Å². The van der Waals surface area contributed by atoms with E-state index in [-0.39, 0.29) is 11.6 Å². The largest absolute Gasteiger partial charge is 0.458 e. The molecule has 6 heteroatoms. The summed E-state index contributed by atoms with van der Waals surface area (Å²) in [5.74, 6) is 0.171. The third-order valence-electron chi connectivity index (χ3n) is 2.62. The van der Waals surface area contributed by atoms with Gasteiger partial charge in [-0.2, -0.15) is 0 Å². The van der Waals surface area contributed by atoms with Crippen molar-refractivity contribution in [1.82, 2.24) is 5.32 Å². The highest BCUT2D eigenvalue weighted by Gasteiger charge is 2.21. The van der Waals surface area contributed by atoms with E-state index in [2.05, 4.69) is 21.2 Å². The summed E-state index contributed by atoms with van der Waals surface area (Å²) in [4.78, 5) is 0. The Labute approximate surface area is 117 Å². The van der Waals surface area contributed by atoms with E-state index in [0.717, 1.165) is 0 Å². The molecular weight excluding hydrogens is 324 g/mol. The Kier molecular flexibility index (Phi) is 4.27. The fraction of sp³-hybridized carbons (Fsp3) is 0.333. The molecule has 98 valence electrons. The molecule has 0 aliphatic heterocycles. The van der Waals surface area contributed by atoms with Crippen LogP contribution in [0.1, 0.15) is 11.3 Å². The lowest BCUT2D eigenvalue weighted by Crippen LogP contribution is -2.06. The predicted octanol–water partition coefficient (Wildman–Crippen LogP) is 3.85. The Morgan fingerprint density at radius 1 is 1.56 bits per heavy atom. The molecule has 1 aromatic heterocycles. The van der Waals surface area contributed by atoms with Crippen molar-refractivity contribution >= 4 is 38.5 Å². The molecule has 0 amide bonds. The van der Waals surface area contributed by atoms with E-state index in [0.29, 0.717) is 33.3 Å². The molecule has 2 aromatic rings. The summed E-state index contributed by atoms with van der Waals surface area (Å²) in [6.45, 7) is 0.768. The Morgan fingerprint density at radius 2 is 2.28 bits per heavy atom. The maximum absolute atomic E-state index is 14.1. The van der Waals surface area contributed by atoms with Gasteiger partial charge in [0, 0.05) is 12.7 Å². The number of ether oxygens (including phenoxy) is 1. The summed E-state index contributed by atoms with van der Waals surface area (Å²) in [6.07, 6.45) is 0. The van der Waals surface area contributed by atoms with Gasteiger partial charge in [-0.15, -0.1) is 0 Å². The minimum atomic E-state index is -0.479. The van der Waals surface area contributed by atoms with E-state index >= 15 is 0 Å². The Morgan fingerprint density at radius 3 is 2.89 bits per heavy atom. The molecule has 0 saturated carbocycles. The smallest absolute Gasteiger partial charge is 0.153 e. The molecule has 18 heavy (non-hydrogen) atoms. The molecule has 0 aliphatic carbocycles. The van der Waals surface area contributed by atoms with E-state index in [1.165, 1.54) is 6.07 Å². The summed E-state index contributed by atoms with van der Waals surface area (Å²) in [5, 5.41) is 3.41. The number of methoxy groups -OCH3 is 1. The van der Waals surface area contributed by atoms with Gasteiger partial charge in [-0.05, 0) is 29.0 Å². The van der Waals surface area contributed by atoms with Crippen molar-refractivity contribution in [3.8, 4) is 0 Å². The van der Waals surface area contributed by atoms with E-state index in [9.17, 15) is 4.39 Å². The van der Waals surface area contributed by atoms with Gasteiger partial charge in [-0.25, -0.2) is 4.39 Å². The third kappa shape index (κ3) is 2.28.